The van der Waals surface area contributed by atoms with Gasteiger partial charge in [0.2, 0.25) is 0 Å². The van der Waals surface area contributed by atoms with Crippen LogP contribution in [0.1, 0.15) is 22.8 Å². The van der Waals surface area contributed by atoms with Crippen LogP contribution < -0.4 is 19.8 Å². The van der Waals surface area contributed by atoms with E-state index in [1.807, 2.05) is 53.4 Å². The third kappa shape index (κ3) is 3.61. The number of benzene rings is 2. The second kappa shape index (κ2) is 7.82. The Kier molecular flexibility index (Phi) is 5.08. The van der Waals surface area contributed by atoms with Crippen molar-refractivity contribution in [1.29, 1.82) is 0 Å². The molecule has 1 aliphatic heterocycles. The van der Waals surface area contributed by atoms with Crippen LogP contribution in [-0.4, -0.2) is 23.8 Å². The monoisotopic (exact) mass is 393 g/mol. The number of aromatic nitrogens is 1. The molecule has 6 nitrogen and oxygen atoms in total. The molecule has 1 aromatic heterocycles. The van der Waals surface area contributed by atoms with E-state index >= 15 is 0 Å². The highest BCUT2D eigenvalue weighted by molar-refractivity contribution is 7.07. The first-order valence-corrected chi connectivity index (χ1v) is 9.80. The number of rotatable bonds is 4. The zero-order valence-corrected chi connectivity index (χ0v) is 16.2. The maximum absolute atomic E-state index is 12.8. The summed E-state index contributed by atoms with van der Waals surface area (Å²) < 4.78 is 7.36. The van der Waals surface area contributed by atoms with Crippen molar-refractivity contribution in [3.63, 3.8) is 0 Å². The molecule has 0 unspecified atom stereocenters. The summed E-state index contributed by atoms with van der Waals surface area (Å²) in [6, 6.07) is 16.9. The van der Waals surface area contributed by atoms with Crippen LogP contribution in [-0.2, 0) is 11.4 Å². The molecule has 7 heteroatoms. The summed E-state index contributed by atoms with van der Waals surface area (Å²) in [5, 5.41) is 0. The highest BCUT2D eigenvalue weighted by Crippen LogP contribution is 2.17. The molecule has 0 amide bonds. The molecule has 0 saturated carbocycles. The lowest BCUT2D eigenvalue weighted by atomic mass is 10.2. The molecule has 1 aliphatic rings. The number of ether oxygens (including phenoxy) is 1. The fraction of sp³-hybridized carbons (Fsp3) is 0.190. The first-order valence-electron chi connectivity index (χ1n) is 8.99. The molecule has 0 bridgehead atoms. The Bertz CT molecular complexity index is 1160. The van der Waals surface area contributed by atoms with Crippen LogP contribution in [0, 0.1) is 0 Å². The first kappa shape index (κ1) is 18.2. The van der Waals surface area contributed by atoms with Gasteiger partial charge in [0.05, 0.1) is 16.7 Å². The molecule has 0 spiro atoms. The predicted octanol–water partition coefficient (Wildman–Crippen LogP) is 1.97. The van der Waals surface area contributed by atoms with Crippen molar-refractivity contribution in [1.82, 2.24) is 4.57 Å². The second-order valence-electron chi connectivity index (χ2n) is 6.29. The number of carbonyl (C=O) groups is 1. The van der Waals surface area contributed by atoms with Crippen molar-refractivity contribution in [2.24, 2.45) is 4.99 Å². The van der Waals surface area contributed by atoms with Gasteiger partial charge in [-0.1, -0.05) is 41.7 Å². The molecule has 142 valence electrons. The molecule has 0 saturated heterocycles. The molecule has 2 heterocycles. The lowest BCUT2D eigenvalue weighted by Gasteiger charge is -2.25. The average Bonchev–Trinajstić information content (AvgIpc) is 3.04. The van der Waals surface area contributed by atoms with Gasteiger partial charge in [-0.05, 0) is 42.8 Å². The average molecular weight is 393 g/mol. The molecule has 0 radical (unpaired) electrons. The minimum Gasteiger partial charge on any atom is -0.462 e. The summed E-state index contributed by atoms with van der Waals surface area (Å²) in [5.74, 6) is -0.338. The van der Waals surface area contributed by atoms with Crippen molar-refractivity contribution in [2.45, 2.75) is 13.6 Å². The van der Waals surface area contributed by atoms with Crippen LogP contribution in [0.25, 0.3) is 6.08 Å². The zero-order valence-electron chi connectivity index (χ0n) is 15.4. The number of esters is 1. The van der Waals surface area contributed by atoms with Crippen LogP contribution in [0.15, 0.2) is 64.4 Å². The van der Waals surface area contributed by atoms with Crippen molar-refractivity contribution < 1.29 is 9.53 Å². The van der Waals surface area contributed by atoms with Crippen molar-refractivity contribution >= 4 is 29.1 Å². The molecule has 28 heavy (non-hydrogen) atoms. The molecule has 0 fully saturated rings. The van der Waals surface area contributed by atoms with Gasteiger partial charge < -0.3 is 9.64 Å². The van der Waals surface area contributed by atoms with E-state index in [-0.39, 0.29) is 11.5 Å². The molecule has 0 N–H and O–H groups in total. The largest absolute Gasteiger partial charge is 0.462 e. The molecular formula is C21H19N3O3S. The van der Waals surface area contributed by atoms with Gasteiger partial charge in [-0.2, -0.15) is 0 Å². The fourth-order valence-electron chi connectivity index (χ4n) is 3.00. The molecule has 3 aromatic rings. The number of fused-ring (bicyclic) bond motifs is 1. The highest BCUT2D eigenvalue weighted by Gasteiger charge is 2.16. The van der Waals surface area contributed by atoms with Gasteiger partial charge in [-0.15, -0.1) is 0 Å². The lowest BCUT2D eigenvalue weighted by molar-refractivity contribution is 0.0526. The van der Waals surface area contributed by atoms with Gasteiger partial charge in [0.15, 0.2) is 4.80 Å². The van der Waals surface area contributed by atoms with Crippen molar-refractivity contribution in [2.75, 3.05) is 18.2 Å². The Labute approximate surface area is 165 Å². The second-order valence-corrected chi connectivity index (χ2v) is 7.29. The highest BCUT2D eigenvalue weighted by atomic mass is 32.1. The number of hydrogen-bond acceptors (Lipinski definition) is 6. The number of nitrogens with zero attached hydrogens (tertiary/aromatic N) is 3. The summed E-state index contributed by atoms with van der Waals surface area (Å²) in [6.07, 6.45) is 1.90. The van der Waals surface area contributed by atoms with Crippen LogP contribution in [0.5, 0.6) is 0 Å². The number of carbonyl (C=O) groups excluding carboxylic acids is 1. The Morgan fingerprint density at radius 3 is 2.64 bits per heavy atom. The van der Waals surface area contributed by atoms with Crippen LogP contribution in [0.4, 0.5) is 5.69 Å². The maximum atomic E-state index is 12.8. The summed E-state index contributed by atoms with van der Waals surface area (Å²) in [5.41, 5.74) is 2.35. The van der Waals surface area contributed by atoms with E-state index in [0.29, 0.717) is 30.0 Å². The zero-order chi connectivity index (χ0) is 19.5. The summed E-state index contributed by atoms with van der Waals surface area (Å²) in [4.78, 5) is 31.9. The molecule has 4 rings (SSSR count). The van der Waals surface area contributed by atoms with Crippen LogP contribution in [0.3, 0.4) is 0 Å². The normalized spacial score (nSPS) is 13.8. The van der Waals surface area contributed by atoms with Crippen LogP contribution in [0.2, 0.25) is 0 Å². The maximum Gasteiger partial charge on any atom is 0.338 e. The smallest absolute Gasteiger partial charge is 0.338 e. The van der Waals surface area contributed by atoms with Crippen molar-refractivity contribution in [3.05, 3.63) is 85.4 Å². The third-order valence-corrected chi connectivity index (χ3v) is 5.46. The Hall–Kier alpha value is -3.19. The topological polar surface area (TPSA) is 63.9 Å². The van der Waals surface area contributed by atoms with Gasteiger partial charge in [0.25, 0.3) is 5.56 Å². The SMILES string of the molecule is CCOC(=O)c1ccc(N2CN=c3s/c(=C\c4ccccc4)c(=O)n3C2)cc1. The predicted molar refractivity (Wildman–Crippen MR) is 109 cm³/mol. The fourth-order valence-corrected chi connectivity index (χ4v) is 3.96. The number of anilines is 1. The van der Waals surface area contributed by atoms with E-state index in [9.17, 15) is 9.59 Å². The van der Waals surface area contributed by atoms with E-state index in [1.165, 1.54) is 11.3 Å². The number of thiazole rings is 1. The molecule has 2 aromatic carbocycles. The Balaban J connectivity index is 1.60. The third-order valence-electron chi connectivity index (χ3n) is 4.42. The Morgan fingerprint density at radius 2 is 1.93 bits per heavy atom. The first-order chi connectivity index (χ1) is 13.7. The molecule has 0 aliphatic carbocycles. The van der Waals surface area contributed by atoms with E-state index in [2.05, 4.69) is 4.99 Å². The van der Waals surface area contributed by atoms with Gasteiger partial charge in [-0.25, -0.2) is 9.79 Å². The molecular weight excluding hydrogens is 374 g/mol. The molecule has 0 atom stereocenters. The van der Waals surface area contributed by atoms with Gasteiger partial charge >= 0.3 is 5.97 Å². The van der Waals surface area contributed by atoms with Crippen molar-refractivity contribution in [3.8, 4) is 0 Å². The van der Waals surface area contributed by atoms with Gasteiger partial charge in [-0.3, -0.25) is 9.36 Å². The van der Waals surface area contributed by atoms with Gasteiger partial charge in [0.1, 0.15) is 13.3 Å². The standard InChI is InChI=1S/C21H19N3O3S/c1-2-27-20(26)16-8-10-17(11-9-16)23-13-22-21-24(14-23)19(25)18(28-21)12-15-6-4-3-5-7-15/h3-12H,2,13-14H2,1H3/b18-12-. The van der Waals surface area contributed by atoms with E-state index < -0.39 is 0 Å². The number of hydrogen-bond donors (Lipinski definition) is 0. The van der Waals surface area contributed by atoms with Crippen LogP contribution >= 0.6 is 11.3 Å². The summed E-state index contributed by atoms with van der Waals surface area (Å²) in [6.45, 7) is 3.01. The minimum absolute atomic E-state index is 0.0413. The summed E-state index contributed by atoms with van der Waals surface area (Å²) in [7, 11) is 0. The quantitative estimate of drug-likeness (QED) is 0.636. The lowest BCUT2D eigenvalue weighted by Crippen LogP contribution is -2.42. The Morgan fingerprint density at radius 1 is 1.18 bits per heavy atom. The van der Waals surface area contributed by atoms with E-state index in [4.69, 9.17) is 4.74 Å². The minimum atomic E-state index is -0.338. The summed E-state index contributed by atoms with van der Waals surface area (Å²) >= 11 is 1.41. The van der Waals surface area contributed by atoms with E-state index in [1.54, 1.807) is 23.6 Å². The van der Waals surface area contributed by atoms with Gasteiger partial charge in [0, 0.05) is 5.69 Å². The van der Waals surface area contributed by atoms with E-state index in [0.717, 1.165) is 16.1 Å².